The minimum absolute atomic E-state index is 0. The lowest BCUT2D eigenvalue weighted by Gasteiger charge is -2.28. The summed E-state index contributed by atoms with van der Waals surface area (Å²) in [5.74, 6) is 0. The first kappa shape index (κ1) is 14.3. The molecule has 2 rings (SSSR count). The molecule has 0 unspecified atom stereocenters. The van der Waals surface area contributed by atoms with Crippen molar-refractivity contribution in [2.45, 2.75) is 0 Å². The highest BCUT2D eigenvalue weighted by Crippen LogP contribution is 2.10. The summed E-state index contributed by atoms with van der Waals surface area (Å²) in [6.07, 6.45) is 1.77. The Morgan fingerprint density at radius 2 is 1.80 bits per heavy atom. The van der Waals surface area contributed by atoms with Gasteiger partial charge in [0.1, 0.15) is 0 Å². The molecule has 0 aromatic carbocycles. The number of aromatic amines is 1. The zero-order chi connectivity index (χ0) is 9.10. The Morgan fingerprint density at radius 3 is 2.33 bits per heavy atom. The van der Waals surface area contributed by atoms with Gasteiger partial charge in [-0.3, -0.25) is 4.79 Å². The summed E-state index contributed by atoms with van der Waals surface area (Å²) in [5, 5.41) is 3.28. The highest BCUT2D eigenvalue weighted by Gasteiger charge is 2.09. The van der Waals surface area contributed by atoms with Crippen LogP contribution in [0.5, 0.6) is 0 Å². The number of hydrogen-bond acceptors (Lipinski definition) is 3. The van der Waals surface area contributed by atoms with Gasteiger partial charge >= 0.3 is 0 Å². The first-order valence-corrected chi connectivity index (χ1v) is 4.51. The molecule has 1 aliphatic rings. The average molecular weight is 252 g/mol. The van der Waals surface area contributed by atoms with Crippen molar-refractivity contribution in [1.29, 1.82) is 0 Å². The highest BCUT2D eigenvalue weighted by atomic mass is 35.5. The molecule has 86 valence electrons. The van der Waals surface area contributed by atoms with Crippen molar-refractivity contribution in [3.8, 4) is 0 Å². The summed E-state index contributed by atoms with van der Waals surface area (Å²) in [6.45, 7) is 4.04. The van der Waals surface area contributed by atoms with Gasteiger partial charge in [-0.1, -0.05) is 0 Å². The van der Waals surface area contributed by atoms with Gasteiger partial charge in [-0.25, -0.2) is 0 Å². The van der Waals surface area contributed by atoms with Crippen LogP contribution >= 0.6 is 24.8 Å². The van der Waals surface area contributed by atoms with E-state index in [1.807, 2.05) is 6.07 Å². The van der Waals surface area contributed by atoms with Gasteiger partial charge in [0.2, 0.25) is 5.56 Å². The Morgan fingerprint density at radius 1 is 1.13 bits per heavy atom. The standard InChI is InChI=1S/C9H13N3O.2ClH/c13-9-2-1-8(7-11-9)12-5-3-10-4-6-12;;/h1-2,7,10H,3-6H2,(H,11,13);2*1H. The van der Waals surface area contributed by atoms with E-state index in [0.29, 0.717) is 0 Å². The van der Waals surface area contributed by atoms with Gasteiger partial charge in [0.15, 0.2) is 0 Å². The van der Waals surface area contributed by atoms with Crippen LogP contribution in [0.15, 0.2) is 23.1 Å². The number of nitrogens with one attached hydrogen (secondary N) is 2. The zero-order valence-electron chi connectivity index (χ0n) is 8.23. The van der Waals surface area contributed by atoms with Crippen LogP contribution in [0.2, 0.25) is 0 Å². The molecule has 6 heteroatoms. The normalized spacial score (nSPS) is 15.1. The second kappa shape index (κ2) is 6.71. The molecule has 4 nitrogen and oxygen atoms in total. The summed E-state index contributed by atoms with van der Waals surface area (Å²) in [7, 11) is 0. The van der Waals surface area contributed by atoms with Gasteiger partial charge in [0.05, 0.1) is 5.69 Å². The smallest absolute Gasteiger partial charge is 0.248 e. The van der Waals surface area contributed by atoms with E-state index in [1.165, 1.54) is 0 Å². The van der Waals surface area contributed by atoms with Crippen molar-refractivity contribution in [3.05, 3.63) is 28.7 Å². The first-order valence-electron chi connectivity index (χ1n) is 4.51. The lowest BCUT2D eigenvalue weighted by molar-refractivity contribution is 0.588. The minimum atomic E-state index is -0.0427. The maximum Gasteiger partial charge on any atom is 0.248 e. The van der Waals surface area contributed by atoms with Gasteiger partial charge in [0, 0.05) is 38.4 Å². The Kier molecular flexibility index (Phi) is 6.40. The molecule has 1 saturated heterocycles. The molecule has 2 N–H and O–H groups in total. The van der Waals surface area contributed by atoms with E-state index in [0.717, 1.165) is 31.9 Å². The van der Waals surface area contributed by atoms with Gasteiger partial charge in [-0.2, -0.15) is 0 Å². The van der Waals surface area contributed by atoms with E-state index < -0.39 is 0 Å². The predicted molar refractivity (Wildman–Crippen MR) is 66.6 cm³/mol. The summed E-state index contributed by atoms with van der Waals surface area (Å²) < 4.78 is 0. The van der Waals surface area contributed by atoms with Gasteiger partial charge in [0.25, 0.3) is 0 Å². The predicted octanol–water partition coefficient (Wildman–Crippen LogP) is 0.628. The molecule has 2 heterocycles. The third-order valence-electron chi connectivity index (χ3n) is 2.25. The monoisotopic (exact) mass is 251 g/mol. The van der Waals surface area contributed by atoms with E-state index in [-0.39, 0.29) is 30.4 Å². The number of halogens is 2. The second-order valence-corrected chi connectivity index (χ2v) is 3.15. The van der Waals surface area contributed by atoms with Crippen LogP contribution in [0.25, 0.3) is 0 Å². The van der Waals surface area contributed by atoms with Crippen molar-refractivity contribution < 1.29 is 0 Å². The van der Waals surface area contributed by atoms with Crippen LogP contribution in [0.1, 0.15) is 0 Å². The molecule has 1 aromatic rings. The van der Waals surface area contributed by atoms with Crippen LogP contribution in [-0.4, -0.2) is 31.2 Å². The minimum Gasteiger partial charge on any atom is -0.368 e. The fourth-order valence-electron chi connectivity index (χ4n) is 1.52. The fraction of sp³-hybridized carbons (Fsp3) is 0.444. The van der Waals surface area contributed by atoms with Gasteiger partial charge in [-0.05, 0) is 6.07 Å². The number of anilines is 1. The molecule has 1 fully saturated rings. The summed E-state index contributed by atoms with van der Waals surface area (Å²) in [4.78, 5) is 15.8. The van der Waals surface area contributed by atoms with Crippen LogP contribution in [0, 0.1) is 0 Å². The number of pyridine rings is 1. The summed E-state index contributed by atoms with van der Waals surface area (Å²) in [6, 6.07) is 3.43. The lowest BCUT2D eigenvalue weighted by Crippen LogP contribution is -2.43. The number of piperazine rings is 1. The van der Waals surface area contributed by atoms with E-state index in [1.54, 1.807) is 12.3 Å². The van der Waals surface area contributed by atoms with Gasteiger partial charge < -0.3 is 15.2 Å². The van der Waals surface area contributed by atoms with Gasteiger partial charge in [-0.15, -0.1) is 24.8 Å². The summed E-state index contributed by atoms with van der Waals surface area (Å²) in [5.41, 5.74) is 1.06. The maximum atomic E-state index is 10.8. The SMILES string of the molecule is Cl.Cl.O=c1ccc(N2CCNCC2)c[nH]1. The molecule has 0 saturated carbocycles. The van der Waals surface area contributed by atoms with Crippen LogP contribution in [-0.2, 0) is 0 Å². The highest BCUT2D eigenvalue weighted by molar-refractivity contribution is 5.85. The van der Waals surface area contributed by atoms with Crippen LogP contribution in [0.3, 0.4) is 0 Å². The molecular weight excluding hydrogens is 237 g/mol. The molecule has 0 amide bonds. The number of nitrogens with zero attached hydrogens (tertiary/aromatic N) is 1. The summed E-state index contributed by atoms with van der Waals surface area (Å²) >= 11 is 0. The Bertz CT molecular complexity index is 316. The first-order chi connectivity index (χ1) is 6.36. The van der Waals surface area contributed by atoms with Crippen LogP contribution in [0.4, 0.5) is 5.69 Å². The fourth-order valence-corrected chi connectivity index (χ4v) is 1.52. The Balaban J connectivity index is 0.000000980. The molecular formula is C9H15Cl2N3O. The van der Waals surface area contributed by atoms with E-state index in [4.69, 9.17) is 0 Å². The number of H-pyrrole nitrogens is 1. The maximum absolute atomic E-state index is 10.8. The molecule has 1 aliphatic heterocycles. The molecule has 15 heavy (non-hydrogen) atoms. The van der Waals surface area contributed by atoms with Crippen molar-refractivity contribution in [2.75, 3.05) is 31.1 Å². The van der Waals surface area contributed by atoms with Crippen molar-refractivity contribution >= 4 is 30.5 Å². The van der Waals surface area contributed by atoms with Crippen molar-refractivity contribution in [3.63, 3.8) is 0 Å². The van der Waals surface area contributed by atoms with E-state index in [9.17, 15) is 4.79 Å². The quantitative estimate of drug-likeness (QED) is 0.770. The molecule has 0 atom stereocenters. The largest absolute Gasteiger partial charge is 0.368 e. The zero-order valence-corrected chi connectivity index (χ0v) is 9.87. The Labute approximate surface area is 101 Å². The van der Waals surface area contributed by atoms with E-state index >= 15 is 0 Å². The number of rotatable bonds is 1. The lowest BCUT2D eigenvalue weighted by atomic mass is 10.3. The van der Waals surface area contributed by atoms with E-state index in [2.05, 4.69) is 15.2 Å². The average Bonchev–Trinajstić information content (AvgIpc) is 2.20. The third-order valence-corrected chi connectivity index (χ3v) is 2.25. The van der Waals surface area contributed by atoms with Crippen LogP contribution < -0.4 is 15.8 Å². The molecule has 1 aromatic heterocycles. The second-order valence-electron chi connectivity index (χ2n) is 3.15. The number of aromatic nitrogens is 1. The molecule has 0 radical (unpaired) electrons. The topological polar surface area (TPSA) is 48.1 Å². The third kappa shape index (κ3) is 3.74. The van der Waals surface area contributed by atoms with Crippen molar-refractivity contribution in [1.82, 2.24) is 10.3 Å². The Hall–Kier alpha value is -0.710. The molecule has 0 bridgehead atoms. The molecule has 0 spiro atoms. The van der Waals surface area contributed by atoms with Crippen molar-refractivity contribution in [2.24, 2.45) is 0 Å². The molecule has 0 aliphatic carbocycles. The number of hydrogen-bond donors (Lipinski definition) is 2.